The van der Waals surface area contributed by atoms with Gasteiger partial charge in [0.15, 0.2) is 0 Å². The molecular formula is C19H27N3O2. The molecule has 2 aliphatic heterocycles. The first-order valence-electron chi connectivity index (χ1n) is 9.28. The van der Waals surface area contributed by atoms with E-state index in [1.54, 1.807) is 6.20 Å². The Morgan fingerprint density at radius 1 is 1.29 bits per heavy atom. The molecule has 1 aromatic rings. The van der Waals surface area contributed by atoms with Crippen molar-refractivity contribution in [3.8, 4) is 0 Å². The molecule has 1 aromatic heterocycles. The van der Waals surface area contributed by atoms with Crippen LogP contribution in [0.1, 0.15) is 41.7 Å². The van der Waals surface area contributed by atoms with Gasteiger partial charge in [-0.3, -0.25) is 14.7 Å². The Hall–Kier alpha value is -1.46. The number of rotatable bonds is 3. The highest BCUT2D eigenvalue weighted by atomic mass is 16.5. The summed E-state index contributed by atoms with van der Waals surface area (Å²) in [7, 11) is 0. The lowest BCUT2D eigenvalue weighted by atomic mass is 10.0. The zero-order chi connectivity index (χ0) is 16.5. The van der Waals surface area contributed by atoms with Crippen LogP contribution in [-0.2, 0) is 4.74 Å². The number of carbonyl (C=O) groups excluding carboxylic acids is 1. The summed E-state index contributed by atoms with van der Waals surface area (Å²) in [5.74, 6) is 0.927. The summed E-state index contributed by atoms with van der Waals surface area (Å²) in [5, 5.41) is 0. The number of nitrogens with zero attached hydrogens (tertiary/aromatic N) is 3. The molecule has 4 rings (SSSR count). The molecule has 3 aliphatic rings. The van der Waals surface area contributed by atoms with Gasteiger partial charge in [0.1, 0.15) is 0 Å². The Bertz CT molecular complexity index is 583. The van der Waals surface area contributed by atoms with E-state index < -0.39 is 0 Å². The molecule has 0 spiro atoms. The van der Waals surface area contributed by atoms with Crippen LogP contribution in [0.3, 0.4) is 0 Å². The fourth-order valence-electron chi connectivity index (χ4n) is 4.45. The number of amides is 1. The average molecular weight is 329 g/mol. The highest BCUT2D eigenvalue weighted by molar-refractivity contribution is 5.94. The second-order valence-electron chi connectivity index (χ2n) is 7.52. The third kappa shape index (κ3) is 3.20. The van der Waals surface area contributed by atoms with E-state index in [4.69, 9.17) is 4.74 Å². The van der Waals surface area contributed by atoms with E-state index in [0.29, 0.717) is 18.2 Å². The van der Waals surface area contributed by atoms with E-state index in [2.05, 4.69) is 9.88 Å². The third-order valence-corrected chi connectivity index (χ3v) is 5.83. The number of morpholine rings is 1. The molecular weight excluding hydrogens is 302 g/mol. The van der Waals surface area contributed by atoms with E-state index in [1.165, 1.54) is 32.2 Å². The molecule has 2 atom stereocenters. The van der Waals surface area contributed by atoms with Crippen LogP contribution in [0, 0.1) is 12.8 Å². The number of carbonyl (C=O) groups is 1. The van der Waals surface area contributed by atoms with Crippen molar-refractivity contribution >= 4 is 5.91 Å². The third-order valence-electron chi connectivity index (χ3n) is 5.83. The molecule has 1 aliphatic carbocycles. The number of hydrogen-bond donors (Lipinski definition) is 0. The summed E-state index contributed by atoms with van der Waals surface area (Å²) in [4.78, 5) is 21.6. The predicted octanol–water partition coefficient (Wildman–Crippen LogP) is 2.11. The van der Waals surface area contributed by atoms with Gasteiger partial charge in [0.2, 0.25) is 0 Å². The summed E-state index contributed by atoms with van der Waals surface area (Å²) in [6.07, 6.45) is 7.36. The smallest absolute Gasteiger partial charge is 0.255 e. The number of hydrogen-bond acceptors (Lipinski definition) is 4. The first kappa shape index (κ1) is 16.0. The van der Waals surface area contributed by atoms with Gasteiger partial charge in [0.25, 0.3) is 5.91 Å². The fraction of sp³-hybridized carbons (Fsp3) is 0.684. The van der Waals surface area contributed by atoms with Crippen molar-refractivity contribution in [1.29, 1.82) is 0 Å². The van der Waals surface area contributed by atoms with Crippen molar-refractivity contribution in [2.75, 3.05) is 32.8 Å². The highest BCUT2D eigenvalue weighted by Crippen LogP contribution is 2.30. The Morgan fingerprint density at radius 2 is 2.12 bits per heavy atom. The van der Waals surface area contributed by atoms with Crippen molar-refractivity contribution in [3.63, 3.8) is 0 Å². The maximum Gasteiger partial charge on any atom is 0.255 e. The molecule has 5 nitrogen and oxygen atoms in total. The molecule has 0 unspecified atom stereocenters. The summed E-state index contributed by atoms with van der Waals surface area (Å²) in [6.45, 7) is 6.41. The van der Waals surface area contributed by atoms with E-state index in [0.717, 1.165) is 31.3 Å². The van der Waals surface area contributed by atoms with Gasteiger partial charge in [-0.1, -0.05) is 12.8 Å². The monoisotopic (exact) mass is 329 g/mol. The van der Waals surface area contributed by atoms with Gasteiger partial charge >= 0.3 is 0 Å². The normalized spacial score (nSPS) is 28.3. The molecule has 2 saturated heterocycles. The van der Waals surface area contributed by atoms with Crippen LogP contribution in [0.15, 0.2) is 18.3 Å². The van der Waals surface area contributed by atoms with Gasteiger partial charge < -0.3 is 9.64 Å². The molecule has 0 bridgehead atoms. The maximum absolute atomic E-state index is 12.8. The Balaban J connectivity index is 1.43. The van der Waals surface area contributed by atoms with Crippen molar-refractivity contribution in [3.05, 3.63) is 29.6 Å². The fourth-order valence-corrected chi connectivity index (χ4v) is 4.45. The first-order chi connectivity index (χ1) is 11.7. The summed E-state index contributed by atoms with van der Waals surface area (Å²) in [6, 6.07) is 4.14. The van der Waals surface area contributed by atoms with Gasteiger partial charge in [-0.05, 0) is 37.8 Å². The molecule has 3 heterocycles. The lowest BCUT2D eigenvalue weighted by Crippen LogP contribution is -2.52. The predicted molar refractivity (Wildman–Crippen MR) is 91.9 cm³/mol. The number of aromatic nitrogens is 1. The summed E-state index contributed by atoms with van der Waals surface area (Å²) in [5.41, 5.74) is 1.62. The molecule has 5 heteroatoms. The minimum absolute atomic E-state index is 0.0846. The number of likely N-dealkylation sites (tertiary alicyclic amines) is 1. The lowest BCUT2D eigenvalue weighted by molar-refractivity contribution is -0.0516. The zero-order valence-electron chi connectivity index (χ0n) is 14.5. The molecule has 1 amide bonds. The summed E-state index contributed by atoms with van der Waals surface area (Å²) >= 11 is 0. The van der Waals surface area contributed by atoms with Crippen LogP contribution in [0.5, 0.6) is 0 Å². The molecule has 1 saturated carbocycles. The van der Waals surface area contributed by atoms with E-state index in [9.17, 15) is 4.79 Å². The second kappa shape index (κ2) is 6.81. The minimum Gasteiger partial charge on any atom is -0.373 e. The molecule has 0 radical (unpaired) electrons. The molecule has 130 valence electrons. The molecule has 24 heavy (non-hydrogen) atoms. The van der Waals surface area contributed by atoms with E-state index in [-0.39, 0.29) is 12.0 Å². The SMILES string of the molecule is Cc1ccc(C(=O)N2C[C@@H]3OCCN(CC4CCCC4)[C@@H]3C2)cn1. The van der Waals surface area contributed by atoms with Crippen molar-refractivity contribution in [2.45, 2.75) is 44.8 Å². The van der Waals surface area contributed by atoms with Crippen LogP contribution in [0.25, 0.3) is 0 Å². The largest absolute Gasteiger partial charge is 0.373 e. The van der Waals surface area contributed by atoms with Crippen molar-refractivity contribution < 1.29 is 9.53 Å². The molecule has 0 N–H and O–H groups in total. The topological polar surface area (TPSA) is 45.7 Å². The summed E-state index contributed by atoms with van der Waals surface area (Å²) < 4.78 is 5.98. The first-order valence-corrected chi connectivity index (χ1v) is 9.28. The number of ether oxygens (including phenoxy) is 1. The van der Waals surface area contributed by atoms with E-state index in [1.807, 2.05) is 24.0 Å². The lowest BCUT2D eigenvalue weighted by Gasteiger charge is -2.38. The van der Waals surface area contributed by atoms with Gasteiger partial charge in [-0.15, -0.1) is 0 Å². The van der Waals surface area contributed by atoms with Crippen LogP contribution in [-0.4, -0.2) is 65.6 Å². The van der Waals surface area contributed by atoms with Gasteiger partial charge in [-0.25, -0.2) is 0 Å². The van der Waals surface area contributed by atoms with Crippen LogP contribution in [0.2, 0.25) is 0 Å². The van der Waals surface area contributed by atoms with Crippen molar-refractivity contribution in [1.82, 2.24) is 14.8 Å². The Morgan fingerprint density at radius 3 is 2.88 bits per heavy atom. The van der Waals surface area contributed by atoms with E-state index >= 15 is 0 Å². The average Bonchev–Trinajstić information content (AvgIpc) is 3.24. The van der Waals surface area contributed by atoms with Gasteiger partial charge in [0.05, 0.1) is 24.3 Å². The van der Waals surface area contributed by atoms with Crippen molar-refractivity contribution in [2.24, 2.45) is 5.92 Å². The highest BCUT2D eigenvalue weighted by Gasteiger charge is 2.42. The molecule has 3 fully saturated rings. The standard InChI is InChI=1S/C19H27N3O2/c1-14-6-7-16(10-20-14)19(23)22-12-17-18(13-22)24-9-8-21(17)11-15-4-2-3-5-15/h6-7,10,15,17-18H,2-5,8-9,11-13H2,1H3/t17-,18+/m1/s1. The van der Waals surface area contributed by atoms with Crippen LogP contribution < -0.4 is 0 Å². The zero-order valence-corrected chi connectivity index (χ0v) is 14.5. The minimum atomic E-state index is 0.0846. The Kier molecular flexibility index (Phi) is 4.55. The number of pyridine rings is 1. The molecule has 0 aromatic carbocycles. The maximum atomic E-state index is 12.8. The van der Waals surface area contributed by atoms with Crippen LogP contribution >= 0.6 is 0 Å². The quantitative estimate of drug-likeness (QED) is 0.852. The Labute approximate surface area is 144 Å². The number of fused-ring (bicyclic) bond motifs is 1. The second-order valence-corrected chi connectivity index (χ2v) is 7.52. The van der Waals surface area contributed by atoms with Gasteiger partial charge in [0, 0.05) is 38.1 Å². The van der Waals surface area contributed by atoms with Crippen LogP contribution in [0.4, 0.5) is 0 Å². The van der Waals surface area contributed by atoms with Gasteiger partial charge in [-0.2, -0.15) is 0 Å². The number of aryl methyl sites for hydroxylation is 1.